The lowest BCUT2D eigenvalue weighted by Gasteiger charge is -2.18. The van der Waals surface area contributed by atoms with Gasteiger partial charge in [0.05, 0.1) is 0 Å². The summed E-state index contributed by atoms with van der Waals surface area (Å²) in [5.41, 5.74) is 2.39. The highest BCUT2D eigenvalue weighted by molar-refractivity contribution is 7.09. The molecular formula is C15H19ClN2S. The SMILES string of the molecule is CCCC(NCc1nc(C)cs1)c1ccc(Cl)cc1. The van der Waals surface area contributed by atoms with Crippen molar-refractivity contribution in [2.75, 3.05) is 0 Å². The molecule has 1 aromatic heterocycles. The van der Waals surface area contributed by atoms with Gasteiger partial charge in [-0.3, -0.25) is 0 Å². The summed E-state index contributed by atoms with van der Waals surface area (Å²) in [5.74, 6) is 0. The highest BCUT2D eigenvalue weighted by Crippen LogP contribution is 2.21. The van der Waals surface area contributed by atoms with E-state index < -0.39 is 0 Å². The number of benzene rings is 1. The molecule has 1 aromatic carbocycles. The van der Waals surface area contributed by atoms with Crippen LogP contribution in [0.3, 0.4) is 0 Å². The van der Waals surface area contributed by atoms with Crippen molar-refractivity contribution in [3.63, 3.8) is 0 Å². The van der Waals surface area contributed by atoms with Crippen molar-refractivity contribution in [2.45, 2.75) is 39.3 Å². The average Bonchev–Trinajstić information content (AvgIpc) is 2.81. The molecule has 0 aliphatic carbocycles. The minimum atomic E-state index is 0.367. The van der Waals surface area contributed by atoms with Gasteiger partial charge in [0.25, 0.3) is 0 Å². The Morgan fingerprint density at radius 1 is 1.32 bits per heavy atom. The third kappa shape index (κ3) is 4.30. The first-order valence-electron chi connectivity index (χ1n) is 6.59. The van der Waals surface area contributed by atoms with E-state index in [9.17, 15) is 0 Å². The number of aryl methyl sites for hydroxylation is 1. The number of halogens is 1. The fourth-order valence-electron chi connectivity index (χ4n) is 2.06. The van der Waals surface area contributed by atoms with Crippen molar-refractivity contribution >= 4 is 22.9 Å². The molecule has 1 atom stereocenters. The number of aromatic nitrogens is 1. The molecule has 0 aliphatic rings. The first-order chi connectivity index (χ1) is 9.19. The first-order valence-corrected chi connectivity index (χ1v) is 7.84. The Morgan fingerprint density at radius 2 is 2.05 bits per heavy atom. The molecule has 0 saturated heterocycles. The minimum Gasteiger partial charge on any atom is -0.304 e. The number of rotatable bonds is 6. The molecule has 1 N–H and O–H groups in total. The molecule has 0 aliphatic heterocycles. The van der Waals surface area contributed by atoms with Crippen molar-refractivity contribution in [1.29, 1.82) is 0 Å². The fraction of sp³-hybridized carbons (Fsp3) is 0.400. The summed E-state index contributed by atoms with van der Waals surface area (Å²) in [4.78, 5) is 4.49. The molecule has 0 bridgehead atoms. The lowest BCUT2D eigenvalue weighted by atomic mass is 10.0. The molecule has 0 radical (unpaired) electrons. The second kappa shape index (κ2) is 7.04. The average molecular weight is 295 g/mol. The van der Waals surface area contributed by atoms with Crippen molar-refractivity contribution in [1.82, 2.24) is 10.3 Å². The van der Waals surface area contributed by atoms with Crippen LogP contribution in [0.1, 0.15) is 42.1 Å². The first kappa shape index (κ1) is 14.5. The topological polar surface area (TPSA) is 24.9 Å². The van der Waals surface area contributed by atoms with E-state index in [0.717, 1.165) is 35.1 Å². The van der Waals surface area contributed by atoms with Crippen LogP contribution < -0.4 is 5.32 Å². The third-order valence-corrected chi connectivity index (χ3v) is 4.23. The van der Waals surface area contributed by atoms with Crippen LogP contribution in [-0.4, -0.2) is 4.98 Å². The Morgan fingerprint density at radius 3 is 2.63 bits per heavy atom. The second-order valence-corrected chi connectivity index (χ2v) is 6.04. The number of hydrogen-bond donors (Lipinski definition) is 1. The van der Waals surface area contributed by atoms with Gasteiger partial charge in [-0.05, 0) is 31.0 Å². The molecule has 0 fully saturated rings. The maximum atomic E-state index is 5.94. The summed E-state index contributed by atoms with van der Waals surface area (Å²) in [5, 5.41) is 7.61. The zero-order valence-corrected chi connectivity index (χ0v) is 12.9. The largest absolute Gasteiger partial charge is 0.304 e. The fourth-order valence-corrected chi connectivity index (χ4v) is 2.91. The van der Waals surface area contributed by atoms with Crippen LogP contribution >= 0.6 is 22.9 Å². The molecule has 4 heteroatoms. The lowest BCUT2D eigenvalue weighted by Crippen LogP contribution is -2.20. The van der Waals surface area contributed by atoms with E-state index >= 15 is 0 Å². The molecule has 1 unspecified atom stereocenters. The van der Waals surface area contributed by atoms with Crippen LogP contribution in [0, 0.1) is 6.92 Å². The second-order valence-electron chi connectivity index (χ2n) is 4.66. The Bertz CT molecular complexity index is 507. The Kier molecular flexibility index (Phi) is 5.37. The quantitative estimate of drug-likeness (QED) is 0.832. The van der Waals surface area contributed by atoms with Crippen molar-refractivity contribution in [3.8, 4) is 0 Å². The molecule has 19 heavy (non-hydrogen) atoms. The summed E-state index contributed by atoms with van der Waals surface area (Å²) in [6.07, 6.45) is 2.27. The van der Waals surface area contributed by atoms with Gasteiger partial charge >= 0.3 is 0 Å². The van der Waals surface area contributed by atoms with Crippen LogP contribution in [0.4, 0.5) is 0 Å². The van der Waals surface area contributed by atoms with Gasteiger partial charge in [0.2, 0.25) is 0 Å². The number of nitrogens with one attached hydrogen (secondary N) is 1. The molecule has 0 saturated carbocycles. The molecule has 2 nitrogen and oxygen atoms in total. The van der Waals surface area contributed by atoms with Gasteiger partial charge in [-0.2, -0.15) is 0 Å². The molecule has 102 valence electrons. The van der Waals surface area contributed by atoms with E-state index in [1.807, 2.05) is 19.1 Å². The van der Waals surface area contributed by atoms with Gasteiger partial charge in [0, 0.05) is 28.7 Å². The van der Waals surface area contributed by atoms with E-state index in [0.29, 0.717) is 6.04 Å². The Labute approximate surface area is 123 Å². The molecule has 1 heterocycles. The van der Waals surface area contributed by atoms with Crippen LogP contribution in [0.2, 0.25) is 5.02 Å². The highest BCUT2D eigenvalue weighted by atomic mass is 35.5. The summed E-state index contributed by atoms with van der Waals surface area (Å²) in [6.45, 7) is 5.06. The highest BCUT2D eigenvalue weighted by Gasteiger charge is 2.10. The summed E-state index contributed by atoms with van der Waals surface area (Å²) < 4.78 is 0. The monoisotopic (exact) mass is 294 g/mol. The van der Waals surface area contributed by atoms with E-state index in [4.69, 9.17) is 11.6 Å². The van der Waals surface area contributed by atoms with E-state index in [-0.39, 0.29) is 0 Å². The van der Waals surface area contributed by atoms with Gasteiger partial charge in [-0.1, -0.05) is 37.1 Å². The summed E-state index contributed by atoms with van der Waals surface area (Å²) in [6, 6.07) is 8.47. The molecule has 2 aromatic rings. The minimum absolute atomic E-state index is 0.367. The lowest BCUT2D eigenvalue weighted by molar-refractivity contribution is 0.492. The van der Waals surface area contributed by atoms with Crippen molar-refractivity contribution in [2.24, 2.45) is 0 Å². The molecule has 2 rings (SSSR count). The zero-order chi connectivity index (χ0) is 13.7. The molecule has 0 amide bonds. The third-order valence-electron chi connectivity index (χ3n) is 3.02. The predicted molar refractivity (Wildman–Crippen MR) is 82.8 cm³/mol. The van der Waals surface area contributed by atoms with E-state index in [1.54, 1.807) is 11.3 Å². The van der Waals surface area contributed by atoms with Crippen molar-refractivity contribution in [3.05, 3.63) is 50.9 Å². The smallest absolute Gasteiger partial charge is 0.107 e. The summed E-state index contributed by atoms with van der Waals surface area (Å²) >= 11 is 7.65. The van der Waals surface area contributed by atoms with Crippen LogP contribution in [0.25, 0.3) is 0 Å². The number of nitrogens with zero attached hydrogens (tertiary/aromatic N) is 1. The Balaban J connectivity index is 2.01. The molecule has 0 spiro atoms. The summed E-state index contributed by atoms with van der Waals surface area (Å²) in [7, 11) is 0. The molecular weight excluding hydrogens is 276 g/mol. The normalized spacial score (nSPS) is 12.6. The maximum Gasteiger partial charge on any atom is 0.107 e. The van der Waals surface area contributed by atoms with Crippen molar-refractivity contribution < 1.29 is 0 Å². The zero-order valence-electron chi connectivity index (χ0n) is 11.3. The van der Waals surface area contributed by atoms with E-state index in [2.05, 4.69) is 34.7 Å². The van der Waals surface area contributed by atoms with Gasteiger partial charge in [-0.15, -0.1) is 11.3 Å². The maximum absolute atomic E-state index is 5.94. The van der Waals surface area contributed by atoms with Gasteiger partial charge in [0.1, 0.15) is 5.01 Å². The Hall–Kier alpha value is -0.900. The standard InChI is InChI=1S/C15H19ClN2S/c1-3-4-14(12-5-7-13(16)8-6-12)17-9-15-18-11(2)10-19-15/h5-8,10,14,17H,3-4,9H2,1-2H3. The van der Waals surface area contributed by atoms with Gasteiger partial charge < -0.3 is 5.32 Å². The van der Waals surface area contributed by atoms with E-state index in [1.165, 1.54) is 5.56 Å². The van der Waals surface area contributed by atoms with Gasteiger partial charge in [-0.25, -0.2) is 4.98 Å². The number of thiazole rings is 1. The van der Waals surface area contributed by atoms with Crippen LogP contribution in [-0.2, 0) is 6.54 Å². The predicted octanol–water partition coefficient (Wildman–Crippen LogP) is 4.74. The number of hydrogen-bond acceptors (Lipinski definition) is 3. The van der Waals surface area contributed by atoms with Crippen LogP contribution in [0.5, 0.6) is 0 Å². The van der Waals surface area contributed by atoms with Gasteiger partial charge in [0.15, 0.2) is 0 Å². The van der Waals surface area contributed by atoms with Crippen LogP contribution in [0.15, 0.2) is 29.6 Å².